The monoisotopic (exact) mass is 349 g/mol. The number of ether oxygens (including phenoxy) is 1. The predicted molar refractivity (Wildman–Crippen MR) is 95.9 cm³/mol. The first-order valence-corrected chi connectivity index (χ1v) is 8.84. The van der Waals surface area contributed by atoms with Crippen LogP contribution in [0, 0.1) is 10.4 Å². The zero-order valence-corrected chi connectivity index (χ0v) is 14.9. The quantitative estimate of drug-likeness (QED) is 0.436. The SMILES string of the molecule is COCCCN(C)CCN=C1N[NH+]([O-])c2cc3c(cc2[NH+]1[O-])CCC3. The van der Waals surface area contributed by atoms with Gasteiger partial charge in [0.1, 0.15) is 0 Å². The number of rotatable bonds is 7. The first kappa shape index (κ1) is 18.2. The van der Waals surface area contributed by atoms with Gasteiger partial charge >= 0.3 is 5.96 Å². The fraction of sp³-hybridized carbons (Fsp3) is 0.588. The van der Waals surface area contributed by atoms with Crippen LogP contribution in [0.25, 0.3) is 0 Å². The molecule has 25 heavy (non-hydrogen) atoms. The van der Waals surface area contributed by atoms with Gasteiger partial charge in [-0.15, -0.1) is 0 Å². The summed E-state index contributed by atoms with van der Waals surface area (Å²) >= 11 is 0. The van der Waals surface area contributed by atoms with E-state index in [1.807, 2.05) is 19.2 Å². The van der Waals surface area contributed by atoms with Gasteiger partial charge in [-0.3, -0.25) is 5.06 Å². The fourth-order valence-electron chi connectivity index (χ4n) is 3.39. The minimum Gasteiger partial charge on any atom is -0.621 e. The number of benzene rings is 1. The number of guanidine groups is 1. The summed E-state index contributed by atoms with van der Waals surface area (Å²) in [6, 6.07) is 3.77. The van der Waals surface area contributed by atoms with E-state index in [4.69, 9.17) is 4.74 Å². The van der Waals surface area contributed by atoms with E-state index in [1.165, 1.54) is 11.1 Å². The highest BCUT2D eigenvalue weighted by atomic mass is 16.6. The highest BCUT2D eigenvalue weighted by molar-refractivity contribution is 5.76. The van der Waals surface area contributed by atoms with Gasteiger partial charge in [0, 0.05) is 38.9 Å². The molecule has 8 heteroatoms. The van der Waals surface area contributed by atoms with Crippen LogP contribution in [0.5, 0.6) is 0 Å². The Balaban J connectivity index is 1.64. The van der Waals surface area contributed by atoms with Crippen molar-refractivity contribution in [2.45, 2.75) is 25.7 Å². The molecule has 0 spiro atoms. The molecular weight excluding hydrogens is 322 g/mol. The van der Waals surface area contributed by atoms with Gasteiger partial charge in [-0.1, -0.05) is 0 Å². The molecule has 3 N–H and O–H groups in total. The van der Waals surface area contributed by atoms with Crippen LogP contribution in [0.2, 0.25) is 0 Å². The van der Waals surface area contributed by atoms with Gasteiger partial charge in [0.25, 0.3) is 0 Å². The van der Waals surface area contributed by atoms with Gasteiger partial charge in [-0.2, -0.15) is 5.43 Å². The van der Waals surface area contributed by atoms with Crippen molar-refractivity contribution in [2.24, 2.45) is 4.99 Å². The van der Waals surface area contributed by atoms with Gasteiger partial charge in [0.15, 0.2) is 0 Å². The van der Waals surface area contributed by atoms with Crippen molar-refractivity contribution >= 4 is 17.3 Å². The molecule has 0 saturated heterocycles. The maximum Gasteiger partial charge on any atom is 0.347 e. The molecule has 0 bridgehead atoms. The van der Waals surface area contributed by atoms with Crippen molar-refractivity contribution in [3.05, 3.63) is 33.7 Å². The van der Waals surface area contributed by atoms with Gasteiger partial charge in [-0.25, -0.2) is 10.2 Å². The van der Waals surface area contributed by atoms with E-state index < -0.39 is 0 Å². The summed E-state index contributed by atoms with van der Waals surface area (Å²) in [6.45, 7) is 2.85. The second kappa shape index (κ2) is 8.22. The van der Waals surface area contributed by atoms with Crippen molar-refractivity contribution in [3.63, 3.8) is 0 Å². The van der Waals surface area contributed by atoms with Crippen LogP contribution in [0.15, 0.2) is 17.1 Å². The predicted octanol–water partition coefficient (Wildman–Crippen LogP) is -0.954. The zero-order valence-electron chi connectivity index (χ0n) is 14.9. The normalized spacial score (nSPS) is 23.6. The lowest BCUT2D eigenvalue weighted by atomic mass is 10.1. The maximum atomic E-state index is 12.7. The molecule has 0 fully saturated rings. The van der Waals surface area contributed by atoms with Crippen LogP contribution in [0.1, 0.15) is 24.0 Å². The second-order valence-electron chi connectivity index (χ2n) is 6.68. The van der Waals surface area contributed by atoms with Gasteiger partial charge in [0.2, 0.25) is 11.4 Å². The van der Waals surface area contributed by atoms with Crippen molar-refractivity contribution < 1.29 is 15.0 Å². The van der Waals surface area contributed by atoms with Crippen LogP contribution in [-0.2, 0) is 17.6 Å². The third-order valence-corrected chi connectivity index (χ3v) is 4.81. The van der Waals surface area contributed by atoms with Gasteiger partial charge in [-0.05, 0) is 43.9 Å². The number of aliphatic imine (C=N–C) groups is 1. The summed E-state index contributed by atoms with van der Waals surface area (Å²) < 4.78 is 5.04. The summed E-state index contributed by atoms with van der Waals surface area (Å²) in [4.78, 5) is 6.48. The van der Waals surface area contributed by atoms with Crippen molar-refractivity contribution in [1.82, 2.24) is 10.3 Å². The van der Waals surface area contributed by atoms with Crippen LogP contribution in [-0.4, -0.2) is 51.3 Å². The largest absolute Gasteiger partial charge is 0.621 e. The zero-order chi connectivity index (χ0) is 17.8. The van der Waals surface area contributed by atoms with Crippen LogP contribution in [0.4, 0.5) is 11.4 Å². The summed E-state index contributed by atoms with van der Waals surface area (Å²) in [7, 11) is 3.70. The lowest BCUT2D eigenvalue weighted by Gasteiger charge is -2.35. The van der Waals surface area contributed by atoms with Crippen molar-refractivity contribution in [3.8, 4) is 0 Å². The average Bonchev–Trinajstić information content (AvgIpc) is 3.05. The number of quaternary nitrogens is 2. The Kier molecular flexibility index (Phi) is 6.00. The molecule has 1 aliphatic heterocycles. The van der Waals surface area contributed by atoms with E-state index in [1.54, 1.807) is 7.11 Å². The van der Waals surface area contributed by atoms with Gasteiger partial charge < -0.3 is 20.1 Å². The molecule has 0 aromatic heterocycles. The number of hydroxylamine groups is 1. The standard InChI is InChI=1S/C17H27N5O3/c1-20(8-4-10-25-2)9-7-18-17-19-22(24)16-12-14-6-3-5-13(14)11-15(16)21(17)23/h11-12,21-22H,3-10H2,1-2H3,(H,18,19). The Morgan fingerprint density at radius 3 is 2.64 bits per heavy atom. The van der Waals surface area contributed by atoms with E-state index in [2.05, 4.69) is 15.3 Å². The summed E-state index contributed by atoms with van der Waals surface area (Å²) in [5, 5.41) is 24.6. The van der Waals surface area contributed by atoms with Crippen molar-refractivity contribution in [2.75, 3.05) is 40.4 Å². The highest BCUT2D eigenvalue weighted by Gasteiger charge is 2.31. The third kappa shape index (κ3) is 4.17. The van der Waals surface area contributed by atoms with E-state index in [-0.39, 0.29) is 16.2 Å². The second-order valence-corrected chi connectivity index (χ2v) is 6.68. The van der Waals surface area contributed by atoms with E-state index >= 15 is 0 Å². The van der Waals surface area contributed by atoms with Crippen LogP contribution < -0.4 is 15.7 Å². The molecule has 0 saturated carbocycles. The number of aryl methyl sites for hydroxylation is 2. The van der Waals surface area contributed by atoms with E-state index in [9.17, 15) is 10.4 Å². The highest BCUT2D eigenvalue weighted by Crippen LogP contribution is 2.28. The first-order chi connectivity index (χ1) is 12.1. The number of nitrogens with one attached hydrogen (secondary N) is 3. The first-order valence-electron chi connectivity index (χ1n) is 8.84. The molecule has 1 aromatic carbocycles. The van der Waals surface area contributed by atoms with Crippen LogP contribution in [0.3, 0.4) is 0 Å². The van der Waals surface area contributed by atoms with Gasteiger partial charge in [0.05, 0.1) is 6.54 Å². The number of likely N-dealkylation sites (N-methyl/N-ethyl adjacent to an activating group) is 1. The minimum atomic E-state index is -0.225. The Morgan fingerprint density at radius 2 is 1.92 bits per heavy atom. The molecule has 8 nitrogen and oxygen atoms in total. The molecular formula is C17H27N5O3. The molecule has 1 aromatic rings. The number of hydrogen-bond donors (Lipinski definition) is 3. The van der Waals surface area contributed by atoms with E-state index in [0.717, 1.165) is 45.4 Å². The number of nitrogens with zero attached hydrogens (tertiary/aromatic N) is 2. The Labute approximate surface area is 148 Å². The molecule has 2 atom stereocenters. The number of methoxy groups -OCH3 is 1. The number of fused-ring (bicyclic) bond motifs is 2. The summed E-state index contributed by atoms with van der Waals surface area (Å²) in [5.74, 6) is 0.167. The smallest absolute Gasteiger partial charge is 0.347 e. The molecule has 0 amide bonds. The molecule has 3 rings (SSSR count). The van der Waals surface area contributed by atoms with E-state index in [0.29, 0.717) is 17.9 Å². The third-order valence-electron chi connectivity index (χ3n) is 4.81. The Morgan fingerprint density at radius 1 is 1.20 bits per heavy atom. The molecule has 1 aliphatic carbocycles. The average molecular weight is 349 g/mol. The summed E-state index contributed by atoms with van der Waals surface area (Å²) in [5.41, 5.74) is 6.03. The molecule has 2 aliphatic rings. The van der Waals surface area contributed by atoms with Crippen LogP contribution >= 0.6 is 0 Å². The molecule has 2 unspecified atom stereocenters. The summed E-state index contributed by atoms with van der Waals surface area (Å²) in [6.07, 6.45) is 4.01. The lowest BCUT2D eigenvalue weighted by molar-refractivity contribution is -0.851. The lowest BCUT2D eigenvalue weighted by Crippen LogP contribution is -3.24. The Bertz CT molecular complexity index is 637. The maximum absolute atomic E-state index is 12.7. The van der Waals surface area contributed by atoms with Crippen molar-refractivity contribution in [1.29, 1.82) is 0 Å². The Hall–Kier alpha value is -1.55. The number of hydrogen-bond acceptors (Lipinski definition) is 5. The fourth-order valence-corrected chi connectivity index (χ4v) is 3.39. The minimum absolute atomic E-state index is 0.167. The molecule has 0 radical (unpaired) electrons. The molecule has 138 valence electrons. The molecule has 1 heterocycles. The topological polar surface area (TPSA) is 91.9 Å².